The first-order chi connectivity index (χ1) is 9.60. The van der Waals surface area contributed by atoms with Crippen LogP contribution in [0.15, 0.2) is 46.9 Å². The van der Waals surface area contributed by atoms with Crippen LogP contribution in [0.1, 0.15) is 46.8 Å². The second kappa shape index (κ2) is 7.42. The molecule has 0 aromatic heterocycles. The molecule has 0 spiro atoms. The van der Waals surface area contributed by atoms with Gasteiger partial charge in [-0.05, 0) is 54.2 Å². The highest BCUT2D eigenvalue weighted by Crippen LogP contribution is 2.33. The Balaban J connectivity index is 2.17. The first-order valence-electron chi connectivity index (χ1n) is 7.10. The summed E-state index contributed by atoms with van der Waals surface area (Å²) < 4.78 is 1.14. The lowest BCUT2D eigenvalue weighted by atomic mass is 10.0. The lowest BCUT2D eigenvalue weighted by Crippen LogP contribution is -1.94. The van der Waals surface area contributed by atoms with Crippen LogP contribution in [-0.4, -0.2) is 0 Å². The summed E-state index contributed by atoms with van der Waals surface area (Å²) in [6, 6.07) is 15.5. The Bertz CT molecular complexity index is 538. The second-order valence-electron chi connectivity index (χ2n) is 5.27. The Kier molecular flexibility index (Phi) is 5.86. The zero-order valence-electron chi connectivity index (χ0n) is 12.0. The van der Waals surface area contributed by atoms with Gasteiger partial charge in [0, 0.05) is 4.47 Å². The van der Waals surface area contributed by atoms with Crippen LogP contribution in [0.4, 0.5) is 0 Å². The third-order valence-corrected chi connectivity index (χ3v) is 4.96. The normalized spacial score (nSPS) is 12.4. The van der Waals surface area contributed by atoms with Gasteiger partial charge in [-0.2, -0.15) is 0 Å². The number of aryl methyl sites for hydroxylation is 2. The highest BCUT2D eigenvalue weighted by Gasteiger charge is 2.11. The van der Waals surface area contributed by atoms with Gasteiger partial charge in [-0.1, -0.05) is 75.5 Å². The van der Waals surface area contributed by atoms with E-state index in [0.29, 0.717) is 0 Å². The predicted octanol–water partition coefficient (Wildman–Crippen LogP) is 6.58. The van der Waals surface area contributed by atoms with E-state index in [9.17, 15) is 0 Å². The average Bonchev–Trinajstić information content (AvgIpc) is 2.44. The quantitative estimate of drug-likeness (QED) is 0.501. The molecule has 20 heavy (non-hydrogen) atoms. The van der Waals surface area contributed by atoms with Gasteiger partial charge in [0.05, 0.1) is 4.83 Å². The molecule has 0 aliphatic heterocycles. The zero-order valence-corrected chi connectivity index (χ0v) is 15.2. The molecule has 0 N–H and O–H groups in total. The van der Waals surface area contributed by atoms with Crippen molar-refractivity contribution >= 4 is 31.9 Å². The van der Waals surface area contributed by atoms with Gasteiger partial charge in [0.15, 0.2) is 0 Å². The summed E-state index contributed by atoms with van der Waals surface area (Å²) >= 11 is 7.39. The minimum absolute atomic E-state index is 0.249. The van der Waals surface area contributed by atoms with E-state index in [0.717, 1.165) is 4.47 Å². The molecule has 0 aliphatic rings. The molecule has 1 unspecified atom stereocenters. The molecule has 106 valence electrons. The van der Waals surface area contributed by atoms with Crippen LogP contribution in [0.2, 0.25) is 0 Å². The number of hydrogen-bond donors (Lipinski definition) is 0. The Hall–Kier alpha value is -0.600. The maximum atomic E-state index is 3.82. The number of hydrogen-bond acceptors (Lipinski definition) is 0. The summed E-state index contributed by atoms with van der Waals surface area (Å²) in [4.78, 5) is 0.249. The summed E-state index contributed by atoms with van der Waals surface area (Å²) in [6.07, 6.45) is 3.70. The lowest BCUT2D eigenvalue weighted by molar-refractivity contribution is 0.795. The monoisotopic (exact) mass is 394 g/mol. The maximum absolute atomic E-state index is 3.82. The SMILES string of the molecule is CCCCc1ccc(C(Br)c2cc(C)cc(Br)c2)cc1. The van der Waals surface area contributed by atoms with E-state index in [-0.39, 0.29) is 4.83 Å². The molecule has 1 atom stereocenters. The Morgan fingerprint density at radius 1 is 1.00 bits per heavy atom. The maximum Gasteiger partial charge on any atom is 0.0645 e. The van der Waals surface area contributed by atoms with Crippen molar-refractivity contribution in [2.45, 2.75) is 37.9 Å². The van der Waals surface area contributed by atoms with Gasteiger partial charge in [0.1, 0.15) is 0 Å². The molecule has 2 aromatic carbocycles. The smallest absolute Gasteiger partial charge is 0.0645 e. The number of rotatable bonds is 5. The Labute approximate surface area is 138 Å². The van der Waals surface area contributed by atoms with E-state index in [1.54, 1.807) is 0 Å². The number of benzene rings is 2. The Morgan fingerprint density at radius 2 is 1.70 bits per heavy atom. The van der Waals surface area contributed by atoms with Crippen LogP contribution < -0.4 is 0 Å². The number of unbranched alkanes of at least 4 members (excludes halogenated alkanes) is 1. The predicted molar refractivity (Wildman–Crippen MR) is 94.7 cm³/mol. The largest absolute Gasteiger partial charge is 0.0786 e. The zero-order chi connectivity index (χ0) is 14.5. The molecule has 0 saturated heterocycles. The van der Waals surface area contributed by atoms with Crippen molar-refractivity contribution in [2.24, 2.45) is 0 Å². The van der Waals surface area contributed by atoms with Gasteiger partial charge >= 0.3 is 0 Å². The van der Waals surface area contributed by atoms with Gasteiger partial charge in [-0.25, -0.2) is 0 Å². The van der Waals surface area contributed by atoms with Crippen molar-refractivity contribution in [1.29, 1.82) is 0 Å². The first kappa shape index (κ1) is 15.8. The first-order valence-corrected chi connectivity index (χ1v) is 8.81. The molecule has 0 fully saturated rings. The summed E-state index contributed by atoms with van der Waals surface area (Å²) in [7, 11) is 0. The fourth-order valence-electron chi connectivity index (χ4n) is 2.34. The van der Waals surface area contributed by atoms with E-state index in [4.69, 9.17) is 0 Å². The fourth-order valence-corrected chi connectivity index (χ4v) is 3.53. The summed E-state index contributed by atoms with van der Waals surface area (Å²) in [6.45, 7) is 4.36. The highest BCUT2D eigenvalue weighted by molar-refractivity contribution is 9.10. The number of alkyl halides is 1. The van der Waals surface area contributed by atoms with E-state index in [1.807, 2.05) is 0 Å². The standard InChI is InChI=1S/C18H20Br2/c1-3-4-5-14-6-8-15(9-7-14)18(20)16-10-13(2)11-17(19)12-16/h6-12,18H,3-5H2,1-2H3. The van der Waals surface area contributed by atoms with Gasteiger partial charge in [0.2, 0.25) is 0 Å². The summed E-state index contributed by atoms with van der Waals surface area (Å²) in [5.74, 6) is 0. The lowest BCUT2D eigenvalue weighted by Gasteiger charge is -2.13. The Morgan fingerprint density at radius 3 is 2.30 bits per heavy atom. The number of halogens is 2. The fraction of sp³-hybridized carbons (Fsp3) is 0.333. The van der Waals surface area contributed by atoms with Crippen molar-refractivity contribution in [1.82, 2.24) is 0 Å². The molecule has 2 aromatic rings. The molecule has 0 bridgehead atoms. The van der Waals surface area contributed by atoms with Gasteiger partial charge in [-0.3, -0.25) is 0 Å². The minimum Gasteiger partial charge on any atom is -0.0786 e. The van der Waals surface area contributed by atoms with Crippen LogP contribution in [0.5, 0.6) is 0 Å². The molecular formula is C18H20Br2. The van der Waals surface area contributed by atoms with E-state index in [2.05, 4.69) is 88.2 Å². The van der Waals surface area contributed by atoms with Crippen LogP contribution >= 0.6 is 31.9 Å². The molecule has 0 nitrogen and oxygen atoms in total. The molecule has 2 heteroatoms. The molecular weight excluding hydrogens is 376 g/mol. The summed E-state index contributed by atoms with van der Waals surface area (Å²) in [5, 5.41) is 0. The van der Waals surface area contributed by atoms with Crippen molar-refractivity contribution in [3.63, 3.8) is 0 Å². The molecule has 0 saturated carbocycles. The van der Waals surface area contributed by atoms with Crippen molar-refractivity contribution in [2.75, 3.05) is 0 Å². The summed E-state index contributed by atoms with van der Waals surface area (Å²) in [5.41, 5.74) is 5.31. The van der Waals surface area contributed by atoms with Crippen LogP contribution in [0.3, 0.4) is 0 Å². The third-order valence-electron chi connectivity index (χ3n) is 3.45. The van der Waals surface area contributed by atoms with E-state index < -0.39 is 0 Å². The van der Waals surface area contributed by atoms with Crippen LogP contribution in [0.25, 0.3) is 0 Å². The van der Waals surface area contributed by atoms with Crippen LogP contribution in [-0.2, 0) is 6.42 Å². The van der Waals surface area contributed by atoms with Crippen molar-refractivity contribution < 1.29 is 0 Å². The molecule has 0 amide bonds. The average molecular weight is 396 g/mol. The van der Waals surface area contributed by atoms with Gasteiger partial charge in [-0.15, -0.1) is 0 Å². The van der Waals surface area contributed by atoms with Crippen molar-refractivity contribution in [3.8, 4) is 0 Å². The van der Waals surface area contributed by atoms with E-state index in [1.165, 1.54) is 41.5 Å². The van der Waals surface area contributed by atoms with Crippen molar-refractivity contribution in [3.05, 3.63) is 69.2 Å². The van der Waals surface area contributed by atoms with Crippen LogP contribution in [0, 0.1) is 6.92 Å². The van der Waals surface area contributed by atoms with Gasteiger partial charge < -0.3 is 0 Å². The highest BCUT2D eigenvalue weighted by atomic mass is 79.9. The second-order valence-corrected chi connectivity index (χ2v) is 7.10. The van der Waals surface area contributed by atoms with Gasteiger partial charge in [0.25, 0.3) is 0 Å². The molecule has 0 radical (unpaired) electrons. The van der Waals surface area contributed by atoms with E-state index >= 15 is 0 Å². The minimum atomic E-state index is 0.249. The topological polar surface area (TPSA) is 0 Å². The molecule has 2 rings (SSSR count). The third kappa shape index (κ3) is 4.20. The molecule has 0 heterocycles. The molecule has 0 aliphatic carbocycles.